The molecule has 1 atom stereocenters. The zero-order valence-electron chi connectivity index (χ0n) is 54.7. The van der Waals surface area contributed by atoms with Gasteiger partial charge in [0.15, 0.2) is 6.10 Å². The SMILES string of the molecule is CC/C=C\C/C=C\C/C=C\C/C=C\C/C=C\C/C=C\C/C=C\CCCCCCCCCCCCCC(=O)OCC(COC(=O)CCCCCCC/C=C\CCCCCC)OC(=O)CCCCCCCCCCC/C=C\CCCCCCCC. The first-order valence-corrected chi connectivity index (χ1v) is 35.4. The van der Waals surface area contributed by atoms with Crippen LogP contribution in [0.1, 0.15) is 342 Å². The summed E-state index contributed by atoms with van der Waals surface area (Å²) in [5.74, 6) is -0.881. The lowest BCUT2D eigenvalue weighted by molar-refractivity contribution is -0.167. The molecule has 0 aromatic heterocycles. The van der Waals surface area contributed by atoms with E-state index in [1.54, 1.807) is 0 Å². The highest BCUT2D eigenvalue weighted by atomic mass is 16.6. The summed E-state index contributed by atoms with van der Waals surface area (Å²) in [6, 6.07) is 0. The summed E-state index contributed by atoms with van der Waals surface area (Å²) in [6.07, 6.45) is 96.8. The van der Waals surface area contributed by atoms with Gasteiger partial charge in [-0.25, -0.2) is 0 Å². The van der Waals surface area contributed by atoms with Crippen molar-refractivity contribution in [1.29, 1.82) is 0 Å². The van der Waals surface area contributed by atoms with Crippen molar-refractivity contribution in [1.82, 2.24) is 0 Å². The van der Waals surface area contributed by atoms with Gasteiger partial charge in [0.05, 0.1) is 0 Å². The van der Waals surface area contributed by atoms with Crippen LogP contribution < -0.4 is 0 Å². The van der Waals surface area contributed by atoms with Crippen LogP contribution in [0.3, 0.4) is 0 Å². The number of ether oxygens (including phenoxy) is 3. The lowest BCUT2D eigenvalue weighted by atomic mass is 10.0. The maximum Gasteiger partial charge on any atom is 0.306 e. The molecule has 0 saturated carbocycles. The standard InChI is InChI=1S/C77H132O6/c1-4-7-10-13-16-19-22-25-27-29-31-32-33-34-35-36-37-38-39-40-41-42-43-44-46-47-49-52-55-58-61-64-67-70-76(79)82-73-74(72-81-75(78)69-66-63-60-57-54-51-24-21-18-15-12-9-6-3)83-77(80)71-68-65-62-59-56-53-50-48-45-30-28-26-23-20-17-14-11-8-5-2/h7,10,16,19,21,24-28,31-32,34-35,37-38,40-41,74H,4-6,8-9,11-15,17-18,20,22-23,29-30,33,36,39,42-73H2,1-3H3/b10-7-,19-16-,24-21-,27-25-,28-26-,32-31-,35-34-,38-37-,41-40-. The van der Waals surface area contributed by atoms with E-state index in [9.17, 15) is 14.4 Å². The van der Waals surface area contributed by atoms with E-state index in [4.69, 9.17) is 14.2 Å². The van der Waals surface area contributed by atoms with E-state index >= 15 is 0 Å². The highest BCUT2D eigenvalue weighted by Gasteiger charge is 2.19. The van der Waals surface area contributed by atoms with E-state index in [-0.39, 0.29) is 31.1 Å². The molecule has 0 saturated heterocycles. The molecule has 0 aliphatic rings. The number of carbonyl (C=O) groups is 3. The molecule has 6 nitrogen and oxygen atoms in total. The van der Waals surface area contributed by atoms with E-state index in [2.05, 4.69) is 130 Å². The smallest absolute Gasteiger partial charge is 0.306 e. The average Bonchev–Trinajstić information content (AvgIpc) is 3.49. The quantitative estimate of drug-likeness (QED) is 0.0261. The van der Waals surface area contributed by atoms with E-state index in [0.29, 0.717) is 19.3 Å². The molecule has 476 valence electrons. The van der Waals surface area contributed by atoms with Gasteiger partial charge < -0.3 is 14.2 Å². The Morgan fingerprint density at radius 1 is 0.253 bits per heavy atom. The summed E-state index contributed by atoms with van der Waals surface area (Å²) in [6.45, 7) is 6.53. The maximum absolute atomic E-state index is 12.9. The third-order valence-electron chi connectivity index (χ3n) is 15.2. The summed E-state index contributed by atoms with van der Waals surface area (Å²) in [4.78, 5) is 38.4. The first-order valence-electron chi connectivity index (χ1n) is 35.4. The monoisotopic (exact) mass is 1150 g/mol. The van der Waals surface area contributed by atoms with Gasteiger partial charge in [0, 0.05) is 19.3 Å². The fraction of sp³-hybridized carbons (Fsp3) is 0.727. The van der Waals surface area contributed by atoms with Crippen LogP contribution in [0.5, 0.6) is 0 Å². The van der Waals surface area contributed by atoms with Gasteiger partial charge in [-0.3, -0.25) is 14.4 Å². The predicted molar refractivity (Wildman–Crippen MR) is 362 cm³/mol. The van der Waals surface area contributed by atoms with Crippen LogP contribution in [0.2, 0.25) is 0 Å². The minimum atomic E-state index is -0.785. The molecule has 0 radical (unpaired) electrons. The number of rotatable bonds is 64. The molecule has 6 heteroatoms. The Hall–Kier alpha value is -3.93. The van der Waals surface area contributed by atoms with Gasteiger partial charge in [-0.1, -0.05) is 304 Å². The van der Waals surface area contributed by atoms with E-state index in [0.717, 1.165) is 109 Å². The second kappa shape index (κ2) is 70.6. The minimum Gasteiger partial charge on any atom is -0.462 e. The number of esters is 3. The lowest BCUT2D eigenvalue weighted by Gasteiger charge is -2.18. The molecular formula is C77H132O6. The van der Waals surface area contributed by atoms with Gasteiger partial charge in [-0.05, 0) is 128 Å². The highest BCUT2D eigenvalue weighted by Crippen LogP contribution is 2.17. The summed E-state index contributed by atoms with van der Waals surface area (Å²) in [5.41, 5.74) is 0. The fourth-order valence-electron chi connectivity index (χ4n) is 9.94. The maximum atomic E-state index is 12.9. The molecule has 0 aromatic carbocycles. The van der Waals surface area contributed by atoms with Gasteiger partial charge in [0.1, 0.15) is 13.2 Å². The van der Waals surface area contributed by atoms with Gasteiger partial charge in [-0.2, -0.15) is 0 Å². The second-order valence-electron chi connectivity index (χ2n) is 23.4. The van der Waals surface area contributed by atoms with E-state index in [1.165, 1.54) is 193 Å². The third-order valence-corrected chi connectivity index (χ3v) is 15.2. The molecule has 83 heavy (non-hydrogen) atoms. The minimum absolute atomic E-state index is 0.0811. The first kappa shape index (κ1) is 79.1. The largest absolute Gasteiger partial charge is 0.462 e. The molecule has 0 N–H and O–H groups in total. The predicted octanol–water partition coefficient (Wildman–Crippen LogP) is 24.6. The number of hydrogen-bond acceptors (Lipinski definition) is 6. The van der Waals surface area contributed by atoms with Crippen LogP contribution in [0.25, 0.3) is 0 Å². The van der Waals surface area contributed by atoms with Crippen LogP contribution in [-0.2, 0) is 28.6 Å². The van der Waals surface area contributed by atoms with Crippen LogP contribution in [-0.4, -0.2) is 37.2 Å². The van der Waals surface area contributed by atoms with Crippen molar-refractivity contribution >= 4 is 17.9 Å². The normalized spacial score (nSPS) is 12.8. The second-order valence-corrected chi connectivity index (χ2v) is 23.4. The number of unbranched alkanes of at least 4 members (excludes halogenated alkanes) is 35. The van der Waals surface area contributed by atoms with Crippen molar-refractivity contribution in [2.75, 3.05) is 13.2 Å². The Kier molecular flexibility index (Phi) is 67.2. The van der Waals surface area contributed by atoms with Gasteiger partial charge in [0.25, 0.3) is 0 Å². The van der Waals surface area contributed by atoms with Crippen LogP contribution in [0, 0.1) is 0 Å². The Bertz CT molecular complexity index is 1660. The Labute approximate surface area is 514 Å². The zero-order valence-corrected chi connectivity index (χ0v) is 54.7. The van der Waals surface area contributed by atoms with Gasteiger partial charge in [-0.15, -0.1) is 0 Å². The fourth-order valence-corrected chi connectivity index (χ4v) is 9.94. The molecule has 0 bridgehead atoms. The third kappa shape index (κ3) is 68.7. The van der Waals surface area contributed by atoms with Crippen molar-refractivity contribution in [2.24, 2.45) is 0 Å². The molecule has 0 spiro atoms. The van der Waals surface area contributed by atoms with Crippen molar-refractivity contribution in [3.8, 4) is 0 Å². The first-order chi connectivity index (χ1) is 41.0. The molecule has 0 aliphatic carbocycles. The Morgan fingerprint density at radius 2 is 0.470 bits per heavy atom. The van der Waals surface area contributed by atoms with Crippen LogP contribution in [0.4, 0.5) is 0 Å². The van der Waals surface area contributed by atoms with Gasteiger partial charge >= 0.3 is 17.9 Å². The summed E-state index contributed by atoms with van der Waals surface area (Å²) in [5, 5.41) is 0. The van der Waals surface area contributed by atoms with Crippen molar-refractivity contribution in [3.63, 3.8) is 0 Å². The molecule has 0 heterocycles. The molecular weight excluding hydrogens is 1020 g/mol. The van der Waals surface area contributed by atoms with Crippen molar-refractivity contribution in [2.45, 2.75) is 348 Å². The number of allylic oxidation sites excluding steroid dienone is 18. The molecule has 0 aliphatic heterocycles. The topological polar surface area (TPSA) is 78.9 Å². The van der Waals surface area contributed by atoms with Crippen molar-refractivity contribution < 1.29 is 28.6 Å². The summed E-state index contributed by atoms with van der Waals surface area (Å²) in [7, 11) is 0. The lowest BCUT2D eigenvalue weighted by Crippen LogP contribution is -2.30. The Morgan fingerprint density at radius 3 is 0.759 bits per heavy atom. The summed E-state index contributed by atoms with van der Waals surface area (Å²) < 4.78 is 17.0. The van der Waals surface area contributed by atoms with Crippen LogP contribution in [0.15, 0.2) is 109 Å². The molecule has 0 rings (SSSR count). The molecule has 0 fully saturated rings. The zero-order chi connectivity index (χ0) is 59.9. The number of hydrogen-bond donors (Lipinski definition) is 0. The summed E-state index contributed by atoms with van der Waals surface area (Å²) >= 11 is 0. The van der Waals surface area contributed by atoms with Crippen LogP contribution >= 0.6 is 0 Å². The Balaban J connectivity index is 4.25. The molecule has 0 amide bonds. The highest BCUT2D eigenvalue weighted by molar-refractivity contribution is 5.71. The molecule has 1 unspecified atom stereocenters. The van der Waals surface area contributed by atoms with E-state index < -0.39 is 6.10 Å². The average molecular weight is 1150 g/mol. The van der Waals surface area contributed by atoms with Crippen molar-refractivity contribution in [3.05, 3.63) is 109 Å². The van der Waals surface area contributed by atoms with Gasteiger partial charge in [0.2, 0.25) is 0 Å². The van der Waals surface area contributed by atoms with E-state index in [1.807, 2.05) is 0 Å². The molecule has 0 aromatic rings. The number of carbonyl (C=O) groups excluding carboxylic acids is 3.